The first-order chi connectivity index (χ1) is 14.8. The van der Waals surface area contributed by atoms with Gasteiger partial charge in [0, 0.05) is 0 Å². The van der Waals surface area contributed by atoms with Crippen LogP contribution in [0.3, 0.4) is 0 Å². The van der Waals surface area contributed by atoms with Crippen molar-refractivity contribution in [2.45, 2.75) is 0 Å². The van der Waals surface area contributed by atoms with Crippen LogP contribution in [0.4, 0.5) is 0 Å². The molecule has 7 rings (SSSR count). The van der Waals surface area contributed by atoms with E-state index < -0.39 is 0 Å². The first kappa shape index (κ1) is 16.0. The van der Waals surface area contributed by atoms with E-state index in [1.165, 1.54) is 64.6 Å². The van der Waals surface area contributed by atoms with E-state index in [0.29, 0.717) is 0 Å². The second kappa shape index (κ2) is 5.81. The molecule has 0 unspecified atom stereocenters. The number of hydrogen-bond acceptors (Lipinski definition) is 0. The molecule has 0 N–H and O–H groups in total. The predicted octanol–water partition coefficient (Wildman–Crippen LogP) is 8.61. The lowest BCUT2D eigenvalue weighted by Gasteiger charge is -2.11. The molecule has 138 valence electrons. The molecule has 7 aromatic carbocycles. The summed E-state index contributed by atoms with van der Waals surface area (Å²) in [5.74, 6) is 0. The van der Waals surface area contributed by atoms with Gasteiger partial charge in [-0.25, -0.2) is 0 Å². The van der Waals surface area contributed by atoms with Crippen LogP contribution >= 0.6 is 0 Å². The molecule has 0 aliphatic carbocycles. The zero-order valence-electron chi connectivity index (χ0n) is 16.4. The van der Waals surface area contributed by atoms with Crippen LogP contribution in [0, 0.1) is 0 Å². The van der Waals surface area contributed by atoms with E-state index in [1.54, 1.807) is 0 Å². The van der Waals surface area contributed by atoms with Crippen molar-refractivity contribution in [2.75, 3.05) is 0 Å². The fraction of sp³-hybridized carbons (Fsp3) is 0. The summed E-state index contributed by atoms with van der Waals surface area (Å²) >= 11 is 0. The Balaban J connectivity index is 1.66. The van der Waals surface area contributed by atoms with Crippen LogP contribution in [-0.4, -0.2) is 0 Å². The van der Waals surface area contributed by atoms with Gasteiger partial charge in [0.1, 0.15) is 0 Å². The zero-order valence-corrected chi connectivity index (χ0v) is 16.4. The van der Waals surface area contributed by atoms with Crippen molar-refractivity contribution < 1.29 is 0 Å². The molecule has 0 heterocycles. The second-order valence-electron chi connectivity index (χ2n) is 8.23. The molecule has 0 aromatic heterocycles. The van der Waals surface area contributed by atoms with E-state index in [1.807, 2.05) is 0 Å². The molecule has 7 aromatic rings. The van der Waals surface area contributed by atoms with Crippen molar-refractivity contribution >= 4 is 64.6 Å². The molecule has 0 saturated heterocycles. The number of fused-ring (bicyclic) bond motifs is 9. The molecule has 0 atom stereocenters. The average molecular weight is 378 g/mol. The molecule has 0 bridgehead atoms. The van der Waals surface area contributed by atoms with Crippen molar-refractivity contribution in [2.24, 2.45) is 0 Å². The van der Waals surface area contributed by atoms with Crippen LogP contribution in [0.25, 0.3) is 64.6 Å². The third kappa shape index (κ3) is 2.16. The molecule has 0 aliphatic rings. The topological polar surface area (TPSA) is 0 Å². The van der Waals surface area contributed by atoms with E-state index in [9.17, 15) is 0 Å². The minimum Gasteiger partial charge on any atom is -0.0616 e. The normalized spacial score (nSPS) is 12.0. The second-order valence-corrected chi connectivity index (χ2v) is 8.23. The fourth-order valence-corrected chi connectivity index (χ4v) is 5.09. The Hall–Kier alpha value is -3.90. The van der Waals surface area contributed by atoms with Gasteiger partial charge >= 0.3 is 0 Å². The molecule has 0 nitrogen and oxygen atoms in total. The molecule has 0 fully saturated rings. The molecule has 0 saturated carbocycles. The smallest absolute Gasteiger partial charge is 0.00266 e. The Morgan fingerprint density at radius 3 is 1.50 bits per heavy atom. The van der Waals surface area contributed by atoms with E-state index in [2.05, 4.69) is 109 Å². The van der Waals surface area contributed by atoms with Crippen LogP contribution in [0.15, 0.2) is 109 Å². The van der Waals surface area contributed by atoms with Gasteiger partial charge in [0.05, 0.1) is 0 Å². The summed E-state index contributed by atoms with van der Waals surface area (Å²) in [5.41, 5.74) is 0. The van der Waals surface area contributed by atoms with Crippen molar-refractivity contribution in [3.05, 3.63) is 109 Å². The summed E-state index contributed by atoms with van der Waals surface area (Å²) < 4.78 is 0. The Kier molecular flexibility index (Phi) is 3.09. The summed E-state index contributed by atoms with van der Waals surface area (Å²) in [6, 6.07) is 40.3. The van der Waals surface area contributed by atoms with Gasteiger partial charge in [0.2, 0.25) is 0 Å². The van der Waals surface area contributed by atoms with Gasteiger partial charge in [-0.2, -0.15) is 0 Å². The van der Waals surface area contributed by atoms with E-state index >= 15 is 0 Å². The lowest BCUT2D eigenvalue weighted by molar-refractivity contribution is 1.78. The van der Waals surface area contributed by atoms with E-state index in [4.69, 9.17) is 0 Å². The van der Waals surface area contributed by atoms with Gasteiger partial charge in [0.25, 0.3) is 0 Å². The molecule has 0 spiro atoms. The van der Waals surface area contributed by atoms with Gasteiger partial charge in [-0.3, -0.25) is 0 Å². The van der Waals surface area contributed by atoms with Crippen molar-refractivity contribution in [3.8, 4) is 0 Å². The fourth-order valence-electron chi connectivity index (χ4n) is 5.09. The Morgan fingerprint density at radius 2 is 0.767 bits per heavy atom. The van der Waals surface area contributed by atoms with Gasteiger partial charge in [-0.05, 0) is 88.9 Å². The average Bonchev–Trinajstić information content (AvgIpc) is 2.81. The highest BCUT2D eigenvalue weighted by Crippen LogP contribution is 2.36. The van der Waals surface area contributed by atoms with Crippen LogP contribution in [0.2, 0.25) is 0 Å². The number of rotatable bonds is 0. The molecule has 0 heteroatoms. The van der Waals surface area contributed by atoms with Crippen LogP contribution in [0.1, 0.15) is 0 Å². The van der Waals surface area contributed by atoms with Crippen molar-refractivity contribution in [1.82, 2.24) is 0 Å². The lowest BCUT2D eigenvalue weighted by atomic mass is 9.93. The first-order valence-corrected chi connectivity index (χ1v) is 10.4. The number of benzene rings is 7. The Morgan fingerprint density at radius 1 is 0.267 bits per heavy atom. The summed E-state index contributed by atoms with van der Waals surface area (Å²) in [7, 11) is 0. The number of hydrogen-bond donors (Lipinski definition) is 0. The Bertz CT molecular complexity index is 1790. The summed E-state index contributed by atoms with van der Waals surface area (Å²) in [6.07, 6.45) is 0. The maximum absolute atomic E-state index is 2.38. The van der Waals surface area contributed by atoms with Crippen molar-refractivity contribution in [1.29, 1.82) is 0 Å². The Labute approximate surface area is 174 Å². The summed E-state index contributed by atoms with van der Waals surface area (Å²) in [6.45, 7) is 0. The van der Waals surface area contributed by atoms with Gasteiger partial charge < -0.3 is 0 Å². The standard InChI is InChI=1S/C30H18/c1-3-7-26-19(5-1)10-13-22-15-25-18-29-23(16-24(25)17-28(22)26)14-12-21-11-9-20-6-2-4-8-27(20)30(21)29/h1-18H. The quantitative estimate of drug-likeness (QED) is 0.183. The van der Waals surface area contributed by atoms with Crippen LogP contribution in [0.5, 0.6) is 0 Å². The highest BCUT2D eigenvalue weighted by molar-refractivity contribution is 6.23. The molecular weight excluding hydrogens is 360 g/mol. The first-order valence-electron chi connectivity index (χ1n) is 10.4. The maximum atomic E-state index is 2.38. The molecule has 30 heavy (non-hydrogen) atoms. The van der Waals surface area contributed by atoms with E-state index in [-0.39, 0.29) is 0 Å². The van der Waals surface area contributed by atoms with Crippen LogP contribution < -0.4 is 0 Å². The van der Waals surface area contributed by atoms with Gasteiger partial charge in [-0.1, -0.05) is 84.9 Å². The SMILES string of the molecule is c1ccc2c(c1)ccc1cc3cc4c(ccc5ccc6ccccc6c54)cc3cc12. The minimum absolute atomic E-state index is 1.29. The van der Waals surface area contributed by atoms with Gasteiger partial charge in [0.15, 0.2) is 0 Å². The van der Waals surface area contributed by atoms with Gasteiger partial charge in [-0.15, -0.1) is 0 Å². The zero-order chi connectivity index (χ0) is 19.7. The minimum atomic E-state index is 1.29. The maximum Gasteiger partial charge on any atom is -0.00266 e. The summed E-state index contributed by atoms with van der Waals surface area (Å²) in [4.78, 5) is 0. The third-order valence-corrected chi connectivity index (χ3v) is 6.54. The van der Waals surface area contributed by atoms with E-state index in [0.717, 1.165) is 0 Å². The highest BCUT2D eigenvalue weighted by atomic mass is 14.1. The van der Waals surface area contributed by atoms with Crippen LogP contribution in [-0.2, 0) is 0 Å². The molecule has 0 amide bonds. The predicted molar refractivity (Wildman–Crippen MR) is 131 cm³/mol. The largest absolute Gasteiger partial charge is 0.0616 e. The third-order valence-electron chi connectivity index (χ3n) is 6.54. The lowest BCUT2D eigenvalue weighted by Crippen LogP contribution is -1.84. The van der Waals surface area contributed by atoms with Crippen molar-refractivity contribution in [3.63, 3.8) is 0 Å². The highest BCUT2D eigenvalue weighted by Gasteiger charge is 2.08. The molecule has 0 aliphatic heterocycles. The monoisotopic (exact) mass is 378 g/mol. The molecular formula is C30H18. The summed E-state index contributed by atoms with van der Waals surface area (Å²) in [5, 5.41) is 15.7. The molecule has 0 radical (unpaired) electrons.